The number of nitrogens with one attached hydrogen (secondary N) is 1. The molecule has 0 aliphatic heterocycles. The highest BCUT2D eigenvalue weighted by molar-refractivity contribution is 7.92. The number of nitro benzene ring substituents is 1. The topological polar surface area (TPSA) is 115 Å². The van der Waals surface area contributed by atoms with Gasteiger partial charge in [0, 0.05) is 0 Å². The molecule has 2 rings (SSSR count). The van der Waals surface area contributed by atoms with Gasteiger partial charge in [0.25, 0.3) is 10.0 Å². The minimum Gasteiger partial charge on any atom is -0.431 e. The SMILES string of the molecule is Cc1coc(NS(=O)(=O)c2cccc(F)c2[N+](=O)[O-])n1. The number of sulfonamides is 1. The predicted molar refractivity (Wildman–Crippen MR) is 65.1 cm³/mol. The fraction of sp³-hybridized carbons (Fsp3) is 0.100. The van der Waals surface area contributed by atoms with Crippen molar-refractivity contribution in [1.29, 1.82) is 0 Å². The number of nitrogens with zero attached hydrogens (tertiary/aromatic N) is 2. The van der Waals surface area contributed by atoms with Crippen LogP contribution in [0.15, 0.2) is 33.8 Å². The molecule has 0 saturated heterocycles. The van der Waals surface area contributed by atoms with Crippen LogP contribution >= 0.6 is 0 Å². The van der Waals surface area contributed by atoms with Gasteiger partial charge in [0.2, 0.25) is 5.82 Å². The Balaban J connectivity index is 2.50. The van der Waals surface area contributed by atoms with Gasteiger partial charge in [-0.2, -0.15) is 9.37 Å². The van der Waals surface area contributed by atoms with Gasteiger partial charge in [-0.15, -0.1) is 0 Å². The molecule has 106 valence electrons. The lowest BCUT2D eigenvalue weighted by Gasteiger charge is -2.05. The normalized spacial score (nSPS) is 11.3. The second-order valence-electron chi connectivity index (χ2n) is 3.74. The molecule has 0 atom stereocenters. The third-order valence-corrected chi connectivity index (χ3v) is 3.61. The van der Waals surface area contributed by atoms with Crippen molar-refractivity contribution in [1.82, 2.24) is 4.98 Å². The van der Waals surface area contributed by atoms with E-state index < -0.39 is 31.3 Å². The minimum absolute atomic E-state index is 0.360. The monoisotopic (exact) mass is 301 g/mol. The molecular formula is C10H8FN3O5S. The van der Waals surface area contributed by atoms with Crippen LogP contribution in [0.5, 0.6) is 0 Å². The minimum atomic E-state index is -4.39. The lowest BCUT2D eigenvalue weighted by molar-refractivity contribution is -0.390. The van der Waals surface area contributed by atoms with Gasteiger partial charge in [0.15, 0.2) is 4.90 Å². The number of anilines is 1. The predicted octanol–water partition coefficient (Wildman–Crippen LogP) is 1.83. The molecule has 0 aliphatic rings. The van der Waals surface area contributed by atoms with E-state index in [4.69, 9.17) is 4.42 Å². The van der Waals surface area contributed by atoms with Crippen molar-refractivity contribution in [3.8, 4) is 0 Å². The lowest BCUT2D eigenvalue weighted by atomic mass is 10.3. The second-order valence-corrected chi connectivity index (χ2v) is 5.39. The van der Waals surface area contributed by atoms with Gasteiger partial charge in [-0.25, -0.2) is 13.1 Å². The summed E-state index contributed by atoms with van der Waals surface area (Å²) < 4.78 is 44.1. The maximum Gasteiger partial charge on any atom is 0.325 e. The number of nitro groups is 1. The highest BCUT2D eigenvalue weighted by atomic mass is 32.2. The zero-order valence-corrected chi connectivity index (χ0v) is 10.8. The summed E-state index contributed by atoms with van der Waals surface area (Å²) in [5.74, 6) is -1.25. The molecule has 0 unspecified atom stereocenters. The van der Waals surface area contributed by atoms with Crippen molar-refractivity contribution in [3.05, 3.63) is 46.1 Å². The Morgan fingerprint density at radius 1 is 1.45 bits per heavy atom. The smallest absolute Gasteiger partial charge is 0.325 e. The van der Waals surface area contributed by atoms with Crippen molar-refractivity contribution in [3.63, 3.8) is 0 Å². The number of aryl methyl sites for hydroxylation is 1. The molecular weight excluding hydrogens is 293 g/mol. The third-order valence-electron chi connectivity index (χ3n) is 2.26. The third kappa shape index (κ3) is 2.59. The molecule has 10 heteroatoms. The molecule has 0 aliphatic carbocycles. The molecule has 1 aromatic carbocycles. The van der Waals surface area contributed by atoms with Crippen LogP contribution in [0.3, 0.4) is 0 Å². The van der Waals surface area contributed by atoms with E-state index in [1.807, 2.05) is 4.72 Å². The maximum absolute atomic E-state index is 13.4. The molecule has 0 fully saturated rings. The van der Waals surface area contributed by atoms with E-state index in [-0.39, 0.29) is 6.01 Å². The maximum atomic E-state index is 13.4. The van der Waals surface area contributed by atoms with Gasteiger partial charge in [0.1, 0.15) is 6.26 Å². The fourth-order valence-electron chi connectivity index (χ4n) is 1.46. The molecule has 0 bridgehead atoms. The first kappa shape index (κ1) is 13.9. The molecule has 2 aromatic rings. The van der Waals surface area contributed by atoms with Crippen molar-refractivity contribution in [2.24, 2.45) is 0 Å². The van der Waals surface area contributed by atoms with Gasteiger partial charge in [-0.1, -0.05) is 6.07 Å². The van der Waals surface area contributed by atoms with Crippen LogP contribution < -0.4 is 4.72 Å². The molecule has 1 aromatic heterocycles. The Kier molecular flexibility index (Phi) is 3.40. The molecule has 8 nitrogen and oxygen atoms in total. The van der Waals surface area contributed by atoms with Crippen LogP contribution in [0.2, 0.25) is 0 Å². The molecule has 0 amide bonds. The van der Waals surface area contributed by atoms with Gasteiger partial charge in [0.05, 0.1) is 10.6 Å². The van der Waals surface area contributed by atoms with Crippen molar-refractivity contribution in [2.75, 3.05) is 4.72 Å². The van der Waals surface area contributed by atoms with Crippen LogP contribution in [0.1, 0.15) is 5.69 Å². The highest BCUT2D eigenvalue weighted by Gasteiger charge is 2.30. The first-order chi connectivity index (χ1) is 9.31. The molecule has 0 saturated carbocycles. The number of aromatic nitrogens is 1. The standard InChI is InChI=1S/C10H8FN3O5S/c1-6-5-19-10(12-6)13-20(17,18)8-4-2-3-7(11)9(8)14(15)16/h2-5H,1H3,(H,12,13). The molecule has 1 heterocycles. The largest absolute Gasteiger partial charge is 0.431 e. The summed E-state index contributed by atoms with van der Waals surface area (Å²) in [6.07, 6.45) is 1.19. The van der Waals surface area contributed by atoms with Crippen molar-refractivity contribution < 1.29 is 22.1 Å². The van der Waals surface area contributed by atoms with Crippen LogP contribution in [-0.2, 0) is 10.0 Å². The van der Waals surface area contributed by atoms with Crippen LogP contribution in [-0.4, -0.2) is 18.3 Å². The van der Waals surface area contributed by atoms with Crippen molar-refractivity contribution in [2.45, 2.75) is 11.8 Å². The Bertz CT molecular complexity index is 771. The molecule has 20 heavy (non-hydrogen) atoms. The molecule has 1 N–H and O–H groups in total. The fourth-order valence-corrected chi connectivity index (χ4v) is 2.58. The summed E-state index contributed by atoms with van der Waals surface area (Å²) in [6.45, 7) is 1.56. The summed E-state index contributed by atoms with van der Waals surface area (Å²) in [5, 5.41) is 10.8. The number of hydrogen-bond donors (Lipinski definition) is 1. The number of benzene rings is 1. The Hall–Kier alpha value is -2.49. The van der Waals surface area contributed by atoms with E-state index >= 15 is 0 Å². The van der Waals surface area contributed by atoms with E-state index in [9.17, 15) is 22.9 Å². The van der Waals surface area contributed by atoms with Gasteiger partial charge < -0.3 is 4.42 Å². The average Bonchev–Trinajstić information content (AvgIpc) is 2.73. The Morgan fingerprint density at radius 2 is 2.15 bits per heavy atom. The summed E-state index contributed by atoms with van der Waals surface area (Å²) >= 11 is 0. The van der Waals surface area contributed by atoms with E-state index in [0.717, 1.165) is 18.2 Å². The summed E-state index contributed by atoms with van der Waals surface area (Å²) in [6, 6.07) is 2.41. The zero-order valence-electron chi connectivity index (χ0n) is 10.0. The Labute approximate surface area is 112 Å². The Morgan fingerprint density at radius 3 is 2.70 bits per heavy atom. The van der Waals surface area contributed by atoms with E-state index in [2.05, 4.69) is 4.98 Å². The summed E-state index contributed by atoms with van der Waals surface area (Å²) in [4.78, 5) is 12.6. The van der Waals surface area contributed by atoms with E-state index in [0.29, 0.717) is 5.69 Å². The molecule has 0 radical (unpaired) electrons. The number of halogens is 1. The lowest BCUT2D eigenvalue weighted by Crippen LogP contribution is -2.15. The summed E-state index contributed by atoms with van der Waals surface area (Å²) in [5.41, 5.74) is -0.722. The first-order valence-electron chi connectivity index (χ1n) is 5.19. The number of oxazole rings is 1. The first-order valence-corrected chi connectivity index (χ1v) is 6.67. The number of rotatable bonds is 4. The average molecular weight is 301 g/mol. The second kappa shape index (κ2) is 4.89. The highest BCUT2D eigenvalue weighted by Crippen LogP contribution is 2.28. The van der Waals surface area contributed by atoms with Gasteiger partial charge in [-0.05, 0) is 19.1 Å². The van der Waals surface area contributed by atoms with E-state index in [1.165, 1.54) is 6.26 Å². The number of hydrogen-bond acceptors (Lipinski definition) is 6. The van der Waals surface area contributed by atoms with Crippen LogP contribution in [0, 0.1) is 22.9 Å². The van der Waals surface area contributed by atoms with Gasteiger partial charge in [-0.3, -0.25) is 10.1 Å². The van der Waals surface area contributed by atoms with E-state index in [1.54, 1.807) is 6.92 Å². The summed E-state index contributed by atoms with van der Waals surface area (Å²) in [7, 11) is -4.39. The zero-order chi connectivity index (χ0) is 14.9. The molecule has 0 spiro atoms. The van der Waals surface area contributed by atoms with Crippen LogP contribution in [0.4, 0.5) is 16.1 Å². The van der Waals surface area contributed by atoms with Gasteiger partial charge >= 0.3 is 11.7 Å². The quantitative estimate of drug-likeness (QED) is 0.680. The number of para-hydroxylation sites is 1. The van der Waals surface area contributed by atoms with Crippen LogP contribution in [0.25, 0.3) is 0 Å². The van der Waals surface area contributed by atoms with Crippen molar-refractivity contribution >= 4 is 21.7 Å².